The highest BCUT2D eigenvalue weighted by molar-refractivity contribution is 6.03. The van der Waals surface area contributed by atoms with Crippen molar-refractivity contribution in [3.05, 3.63) is 70.8 Å². The predicted molar refractivity (Wildman–Crippen MR) is 115 cm³/mol. The molecule has 0 bridgehead atoms. The molecule has 8 heteroatoms. The molecule has 0 amide bonds. The van der Waals surface area contributed by atoms with Gasteiger partial charge in [0.05, 0.1) is 20.0 Å². The molecule has 0 aliphatic carbocycles. The molecular weight excluding hydrogens is 428 g/mol. The van der Waals surface area contributed by atoms with Crippen LogP contribution in [0.25, 0.3) is 0 Å². The Labute approximate surface area is 188 Å². The van der Waals surface area contributed by atoms with Crippen LogP contribution in [0.3, 0.4) is 0 Å². The van der Waals surface area contributed by atoms with E-state index in [0.29, 0.717) is 16.7 Å². The maximum absolute atomic E-state index is 13.0. The molecule has 0 aromatic heterocycles. The molecule has 0 saturated heterocycles. The number of hydrogen-bond acceptors (Lipinski definition) is 8. The number of fused-ring (bicyclic) bond motifs is 2. The lowest BCUT2D eigenvalue weighted by Crippen LogP contribution is -2.25. The Morgan fingerprint density at radius 1 is 0.909 bits per heavy atom. The number of ketones is 1. The van der Waals surface area contributed by atoms with E-state index in [-0.39, 0.29) is 58.7 Å². The van der Waals surface area contributed by atoms with Crippen LogP contribution in [0.4, 0.5) is 0 Å². The van der Waals surface area contributed by atoms with E-state index >= 15 is 0 Å². The maximum atomic E-state index is 13.0. The van der Waals surface area contributed by atoms with Gasteiger partial charge in [0, 0.05) is 17.5 Å². The molecule has 3 aromatic rings. The highest BCUT2D eigenvalue weighted by atomic mass is 16.5. The summed E-state index contributed by atoms with van der Waals surface area (Å²) in [6.45, 7) is 0. The van der Waals surface area contributed by atoms with E-state index in [1.165, 1.54) is 31.4 Å². The number of phenols is 3. The Morgan fingerprint density at radius 3 is 2.36 bits per heavy atom. The average Bonchev–Trinajstić information content (AvgIpc) is 2.78. The molecule has 2 aliphatic heterocycles. The quantitative estimate of drug-likeness (QED) is 0.407. The van der Waals surface area contributed by atoms with Gasteiger partial charge in [0.2, 0.25) is 0 Å². The van der Waals surface area contributed by atoms with Gasteiger partial charge >= 0.3 is 5.97 Å². The molecule has 0 saturated carbocycles. The molecule has 0 radical (unpaired) electrons. The molecule has 2 atom stereocenters. The summed E-state index contributed by atoms with van der Waals surface area (Å²) in [5.41, 5.74) is 1.65. The number of esters is 1. The zero-order valence-electron chi connectivity index (χ0n) is 17.6. The molecule has 2 aliphatic rings. The van der Waals surface area contributed by atoms with E-state index in [1.807, 2.05) is 0 Å². The lowest BCUT2D eigenvalue weighted by molar-refractivity contribution is -0.135. The summed E-state index contributed by atoms with van der Waals surface area (Å²) in [7, 11) is 1.41. The molecule has 0 fully saturated rings. The first-order valence-electron chi connectivity index (χ1n) is 10.3. The van der Waals surface area contributed by atoms with Crippen molar-refractivity contribution in [1.29, 1.82) is 0 Å². The second-order valence-electron chi connectivity index (χ2n) is 8.00. The van der Waals surface area contributed by atoms with Crippen LogP contribution in [0.5, 0.6) is 34.5 Å². The monoisotopic (exact) mass is 448 g/mol. The van der Waals surface area contributed by atoms with Gasteiger partial charge < -0.3 is 29.5 Å². The van der Waals surface area contributed by atoms with Gasteiger partial charge in [-0.05, 0) is 35.4 Å². The largest absolute Gasteiger partial charge is 0.508 e. The summed E-state index contributed by atoms with van der Waals surface area (Å²) in [5.74, 6) is -1.22. The Balaban J connectivity index is 1.60. The van der Waals surface area contributed by atoms with Gasteiger partial charge in [-0.15, -0.1) is 0 Å². The molecule has 2 unspecified atom stereocenters. The lowest BCUT2D eigenvalue weighted by Gasteiger charge is -2.31. The fraction of sp³-hybridized carbons (Fsp3) is 0.200. The number of phenolic OH excluding ortho intramolecular Hbond substituents is 3. The third-order valence-electron chi connectivity index (χ3n) is 6.00. The van der Waals surface area contributed by atoms with Gasteiger partial charge in [-0.1, -0.05) is 18.2 Å². The van der Waals surface area contributed by atoms with E-state index < -0.39 is 18.0 Å². The van der Waals surface area contributed by atoms with Crippen LogP contribution in [0, 0.1) is 0 Å². The Kier molecular flexibility index (Phi) is 4.85. The number of ether oxygens (including phenoxy) is 3. The molecular formula is C25H20O8. The number of Topliss-reactive ketones (excluding diaryl/α,β-unsaturated/α-hetero) is 1. The van der Waals surface area contributed by atoms with E-state index in [0.717, 1.165) is 0 Å². The zero-order chi connectivity index (χ0) is 23.3. The molecule has 5 rings (SSSR count). The fourth-order valence-electron chi connectivity index (χ4n) is 4.39. The Hall–Kier alpha value is -4.20. The van der Waals surface area contributed by atoms with Gasteiger partial charge in [-0.2, -0.15) is 0 Å². The summed E-state index contributed by atoms with van der Waals surface area (Å²) in [4.78, 5) is 25.4. The second-order valence-corrected chi connectivity index (χ2v) is 8.00. The summed E-state index contributed by atoms with van der Waals surface area (Å²) < 4.78 is 16.6. The van der Waals surface area contributed by atoms with Gasteiger partial charge in [0.25, 0.3) is 0 Å². The van der Waals surface area contributed by atoms with E-state index in [4.69, 9.17) is 14.2 Å². The minimum Gasteiger partial charge on any atom is -0.508 e. The van der Waals surface area contributed by atoms with Crippen LogP contribution in [0.1, 0.15) is 51.9 Å². The highest BCUT2D eigenvalue weighted by Gasteiger charge is 2.38. The van der Waals surface area contributed by atoms with Gasteiger partial charge in [-0.3, -0.25) is 9.59 Å². The summed E-state index contributed by atoms with van der Waals surface area (Å²) >= 11 is 0. The van der Waals surface area contributed by atoms with Crippen molar-refractivity contribution < 1.29 is 39.1 Å². The molecule has 2 heterocycles. The number of benzene rings is 3. The molecule has 8 nitrogen and oxygen atoms in total. The van der Waals surface area contributed by atoms with Crippen molar-refractivity contribution in [1.82, 2.24) is 0 Å². The van der Waals surface area contributed by atoms with E-state index in [1.54, 1.807) is 24.3 Å². The van der Waals surface area contributed by atoms with Crippen LogP contribution in [-0.2, 0) is 4.79 Å². The summed E-state index contributed by atoms with van der Waals surface area (Å²) in [6, 6.07) is 12.4. The third kappa shape index (κ3) is 3.49. The number of rotatable bonds is 3. The van der Waals surface area contributed by atoms with Crippen LogP contribution in [0.15, 0.2) is 48.5 Å². The first-order valence-corrected chi connectivity index (χ1v) is 10.3. The van der Waals surface area contributed by atoms with Crippen LogP contribution < -0.4 is 14.2 Å². The SMILES string of the molecule is COc1cc(C2CC(=O)Oc3cc4c(c(O)c32)C(=O)CC(c2ccc(O)cc2)O4)ccc1O. The fourth-order valence-corrected chi connectivity index (χ4v) is 4.39. The van der Waals surface area contributed by atoms with Crippen molar-refractivity contribution in [2.45, 2.75) is 24.9 Å². The number of methoxy groups -OCH3 is 1. The second kappa shape index (κ2) is 7.74. The molecule has 3 aromatic carbocycles. The van der Waals surface area contributed by atoms with Crippen molar-refractivity contribution in [2.24, 2.45) is 0 Å². The van der Waals surface area contributed by atoms with E-state index in [9.17, 15) is 24.9 Å². The van der Waals surface area contributed by atoms with Gasteiger partial charge in [0.15, 0.2) is 17.3 Å². The minimum absolute atomic E-state index is 0.00160. The number of aromatic hydroxyl groups is 3. The first-order chi connectivity index (χ1) is 15.9. The normalized spacial score (nSPS) is 19.2. The lowest BCUT2D eigenvalue weighted by atomic mass is 9.83. The van der Waals surface area contributed by atoms with Gasteiger partial charge in [-0.25, -0.2) is 0 Å². The van der Waals surface area contributed by atoms with Crippen LogP contribution in [0.2, 0.25) is 0 Å². The standard InChI is InChI=1S/C25H20O8/c1-31-19-8-13(4-7-16(19)27)15-9-22(29)33-20-11-21-24(25(30)23(15)20)17(28)10-18(32-21)12-2-5-14(26)6-3-12/h2-8,11,15,18,26-27,30H,9-10H2,1H3. The first kappa shape index (κ1) is 20.7. The molecule has 168 valence electrons. The van der Waals surface area contributed by atoms with Crippen molar-refractivity contribution in [3.8, 4) is 34.5 Å². The molecule has 33 heavy (non-hydrogen) atoms. The molecule has 0 spiro atoms. The maximum Gasteiger partial charge on any atom is 0.312 e. The zero-order valence-corrected chi connectivity index (χ0v) is 17.6. The van der Waals surface area contributed by atoms with E-state index in [2.05, 4.69) is 0 Å². The van der Waals surface area contributed by atoms with Crippen LogP contribution in [-0.4, -0.2) is 34.2 Å². The highest BCUT2D eigenvalue weighted by Crippen LogP contribution is 2.51. The number of hydrogen-bond donors (Lipinski definition) is 3. The van der Waals surface area contributed by atoms with Crippen molar-refractivity contribution >= 4 is 11.8 Å². The Morgan fingerprint density at radius 2 is 1.64 bits per heavy atom. The van der Waals surface area contributed by atoms with Crippen LogP contribution >= 0.6 is 0 Å². The minimum atomic E-state index is -0.612. The van der Waals surface area contributed by atoms with Crippen molar-refractivity contribution in [3.63, 3.8) is 0 Å². The number of carbonyl (C=O) groups is 2. The van der Waals surface area contributed by atoms with Crippen molar-refractivity contribution in [2.75, 3.05) is 7.11 Å². The molecule has 3 N–H and O–H groups in total. The smallest absolute Gasteiger partial charge is 0.312 e. The van der Waals surface area contributed by atoms with Gasteiger partial charge in [0.1, 0.15) is 34.7 Å². The topological polar surface area (TPSA) is 123 Å². The summed E-state index contributed by atoms with van der Waals surface area (Å²) in [6.07, 6.45) is -0.667. The summed E-state index contributed by atoms with van der Waals surface area (Å²) in [5, 5.41) is 30.6. The Bertz CT molecular complexity index is 1280. The number of carbonyl (C=O) groups excluding carboxylic acids is 2. The third-order valence-corrected chi connectivity index (χ3v) is 6.00. The predicted octanol–water partition coefficient (Wildman–Crippen LogP) is 3.96. The average molecular weight is 448 g/mol.